The number of nitrogens with zero attached hydrogens (tertiary/aromatic N) is 2. The normalized spacial score (nSPS) is 16.9. The van der Waals surface area contributed by atoms with Crippen molar-refractivity contribution in [2.45, 2.75) is 57.0 Å². The first-order valence-corrected chi connectivity index (χ1v) is 17.4. The van der Waals surface area contributed by atoms with E-state index in [1.54, 1.807) is 24.3 Å². The van der Waals surface area contributed by atoms with Crippen LogP contribution < -0.4 is 31.9 Å². The van der Waals surface area contributed by atoms with Crippen LogP contribution in [0.1, 0.15) is 60.4 Å². The van der Waals surface area contributed by atoms with Crippen molar-refractivity contribution in [3.63, 3.8) is 0 Å². The summed E-state index contributed by atoms with van der Waals surface area (Å²) in [4.78, 5) is 34.3. The molecule has 4 amide bonds. The monoisotopic (exact) mass is 746 g/mol. The van der Waals surface area contributed by atoms with E-state index >= 15 is 0 Å². The van der Waals surface area contributed by atoms with Crippen molar-refractivity contribution in [2.24, 2.45) is 4.99 Å². The lowest BCUT2D eigenvalue weighted by Crippen LogP contribution is -2.33. The molecule has 51 heavy (non-hydrogen) atoms. The molecule has 16 heteroatoms. The maximum Gasteiger partial charge on any atom is 0.418 e. The summed E-state index contributed by atoms with van der Waals surface area (Å²) in [6.07, 6.45) is -0.220. The largest absolute Gasteiger partial charge is 0.418 e. The van der Waals surface area contributed by atoms with Gasteiger partial charge in [-0.1, -0.05) is 35.3 Å². The summed E-state index contributed by atoms with van der Waals surface area (Å²) in [5, 5.41) is 17.2. The van der Waals surface area contributed by atoms with Gasteiger partial charge in [-0.2, -0.15) is 13.2 Å². The molecule has 270 valence electrons. The van der Waals surface area contributed by atoms with Crippen LogP contribution in [0.25, 0.3) is 0 Å². The van der Waals surface area contributed by atoms with Crippen LogP contribution in [0.15, 0.2) is 58.9 Å². The standard InChI is InChI=1S/C35H36Cl2F4N8O2/c36-22-5-9-26(37)28(17-22)48-33(50)43-14-11-24-7-4-20-16-21(18-45-32(20)47-24)25-8-10-27(38)30(29(25)35(39,40)41)49-34(51)44-15-12-23-6-3-19-2-1-13-42-31(19)46-23/h4-5,7-10,17,21,42H,1-3,6,11-16,18H2,(H,45,47)(H2,43,48,50)(H2,44,49,51). The molecule has 3 aliphatic rings. The van der Waals surface area contributed by atoms with Gasteiger partial charge in [-0.05, 0) is 79.1 Å². The van der Waals surface area contributed by atoms with Crippen LogP contribution >= 0.6 is 23.2 Å². The number of anilines is 3. The SMILES string of the molecule is O=C(NCCc1ccc2c(n1)NCC(c1ccc(F)c(NC(=O)NCCC3=NC4=C(CCCN4)CC3)c1C(F)(F)F)C2)Nc1cc(Cl)ccc1Cl. The van der Waals surface area contributed by atoms with E-state index in [0.717, 1.165) is 55.9 Å². The topological polar surface area (TPSA) is 132 Å². The summed E-state index contributed by atoms with van der Waals surface area (Å²) in [6, 6.07) is 8.86. The number of aromatic nitrogens is 1. The molecule has 1 atom stereocenters. The van der Waals surface area contributed by atoms with Crippen molar-refractivity contribution in [2.75, 3.05) is 42.1 Å². The van der Waals surface area contributed by atoms with Crippen molar-refractivity contribution in [1.29, 1.82) is 0 Å². The van der Waals surface area contributed by atoms with Crippen molar-refractivity contribution < 1.29 is 27.2 Å². The van der Waals surface area contributed by atoms with Crippen molar-refractivity contribution >= 4 is 58.2 Å². The Labute approximate surface area is 301 Å². The first-order chi connectivity index (χ1) is 24.4. The highest BCUT2D eigenvalue weighted by Crippen LogP contribution is 2.43. The van der Waals surface area contributed by atoms with Gasteiger partial charge in [0.1, 0.15) is 17.5 Å². The summed E-state index contributed by atoms with van der Waals surface area (Å²) >= 11 is 12.1. The minimum atomic E-state index is -4.95. The van der Waals surface area contributed by atoms with Gasteiger partial charge in [0.05, 0.1) is 22.0 Å². The number of aliphatic imine (C=N–C) groups is 1. The molecule has 0 saturated carbocycles. The Balaban J connectivity index is 1.07. The van der Waals surface area contributed by atoms with Crippen LogP contribution in [0.2, 0.25) is 10.0 Å². The molecule has 3 aromatic rings. The quantitative estimate of drug-likeness (QED) is 0.124. The van der Waals surface area contributed by atoms with Gasteiger partial charge in [0.25, 0.3) is 0 Å². The molecule has 1 aromatic heterocycles. The molecule has 0 aliphatic carbocycles. The minimum absolute atomic E-state index is 0.0972. The van der Waals surface area contributed by atoms with Gasteiger partial charge in [-0.15, -0.1) is 0 Å². The highest BCUT2D eigenvalue weighted by atomic mass is 35.5. The lowest BCUT2D eigenvalue weighted by molar-refractivity contribution is -0.137. The maximum absolute atomic E-state index is 15.0. The van der Waals surface area contributed by atoms with Crippen LogP contribution in [0.4, 0.5) is 44.3 Å². The number of benzene rings is 2. The molecule has 1 unspecified atom stereocenters. The average molecular weight is 748 g/mol. The number of hydrogen-bond acceptors (Lipinski definition) is 6. The predicted octanol–water partition coefficient (Wildman–Crippen LogP) is 8.00. The number of alkyl halides is 3. The Morgan fingerprint density at radius 1 is 0.922 bits per heavy atom. The zero-order chi connectivity index (χ0) is 36.1. The van der Waals surface area contributed by atoms with Gasteiger partial charge in [0.15, 0.2) is 0 Å². The second-order valence-corrected chi connectivity index (χ2v) is 13.4. The zero-order valence-corrected chi connectivity index (χ0v) is 28.9. The number of rotatable bonds is 9. The average Bonchev–Trinajstić information content (AvgIpc) is 3.10. The van der Waals surface area contributed by atoms with Crippen LogP contribution in [-0.2, 0) is 19.0 Å². The summed E-state index contributed by atoms with van der Waals surface area (Å²) in [6.45, 7) is 1.33. The summed E-state index contributed by atoms with van der Waals surface area (Å²) < 4.78 is 58.7. The third kappa shape index (κ3) is 9.03. The Hall–Kier alpha value is -4.56. The number of carbonyl (C=O) groups is 2. The molecule has 10 nitrogen and oxygen atoms in total. The second-order valence-electron chi connectivity index (χ2n) is 12.5. The fourth-order valence-electron chi connectivity index (χ4n) is 6.47. The summed E-state index contributed by atoms with van der Waals surface area (Å²) in [7, 11) is 0. The highest BCUT2D eigenvalue weighted by Gasteiger charge is 2.40. The van der Waals surface area contributed by atoms with Gasteiger partial charge in [0, 0.05) is 61.4 Å². The molecular weight excluding hydrogens is 711 g/mol. The molecule has 0 bridgehead atoms. The van der Waals surface area contributed by atoms with Crippen LogP contribution in [0.5, 0.6) is 0 Å². The number of pyridine rings is 1. The number of halogens is 6. The van der Waals surface area contributed by atoms with Crippen molar-refractivity contribution in [3.05, 3.63) is 92.1 Å². The molecule has 0 fully saturated rings. The zero-order valence-electron chi connectivity index (χ0n) is 27.4. The van der Waals surface area contributed by atoms with Crippen LogP contribution in [0.3, 0.4) is 0 Å². The maximum atomic E-state index is 15.0. The van der Waals surface area contributed by atoms with E-state index < -0.39 is 41.2 Å². The lowest BCUT2D eigenvalue weighted by Gasteiger charge is -2.29. The fourth-order valence-corrected chi connectivity index (χ4v) is 6.81. The third-order valence-corrected chi connectivity index (χ3v) is 9.54. The molecule has 0 spiro atoms. The first-order valence-electron chi connectivity index (χ1n) is 16.6. The highest BCUT2D eigenvalue weighted by molar-refractivity contribution is 6.35. The summed E-state index contributed by atoms with van der Waals surface area (Å²) in [5.41, 5.74) is 1.59. The molecule has 0 radical (unpaired) electrons. The fraction of sp³-hybridized carbons (Fsp3) is 0.371. The number of hydrogen-bond donors (Lipinski definition) is 6. The Bertz CT molecular complexity index is 1880. The third-order valence-electron chi connectivity index (χ3n) is 8.98. The van der Waals surface area contributed by atoms with E-state index in [-0.39, 0.29) is 31.6 Å². The number of urea groups is 2. The van der Waals surface area contributed by atoms with Gasteiger partial charge in [-0.25, -0.2) is 24.0 Å². The molecule has 6 N–H and O–H groups in total. The van der Waals surface area contributed by atoms with Crippen LogP contribution in [0, 0.1) is 5.82 Å². The van der Waals surface area contributed by atoms with E-state index in [0.29, 0.717) is 45.6 Å². The smallest absolute Gasteiger partial charge is 0.370 e. The Morgan fingerprint density at radius 3 is 2.51 bits per heavy atom. The van der Waals surface area contributed by atoms with Crippen molar-refractivity contribution in [3.8, 4) is 0 Å². The summed E-state index contributed by atoms with van der Waals surface area (Å²) in [5.74, 6) is -0.477. The molecule has 2 aromatic carbocycles. The second kappa shape index (κ2) is 15.8. The molecule has 0 saturated heterocycles. The number of fused-ring (bicyclic) bond motifs is 1. The molecular formula is C35H36Cl2F4N8O2. The Kier molecular flexibility index (Phi) is 11.2. The first kappa shape index (κ1) is 36.2. The van der Waals surface area contributed by atoms with Gasteiger partial charge in [0.2, 0.25) is 0 Å². The van der Waals surface area contributed by atoms with Gasteiger partial charge < -0.3 is 31.9 Å². The van der Waals surface area contributed by atoms with E-state index in [2.05, 4.69) is 41.9 Å². The number of amides is 4. The van der Waals surface area contributed by atoms with E-state index in [1.165, 1.54) is 11.6 Å². The molecule has 6 rings (SSSR count). The van der Waals surface area contributed by atoms with E-state index in [1.807, 2.05) is 0 Å². The van der Waals surface area contributed by atoms with Crippen molar-refractivity contribution in [1.82, 2.24) is 20.9 Å². The van der Waals surface area contributed by atoms with Gasteiger partial charge in [-0.3, -0.25) is 0 Å². The predicted molar refractivity (Wildman–Crippen MR) is 190 cm³/mol. The minimum Gasteiger partial charge on any atom is -0.370 e. The van der Waals surface area contributed by atoms with Crippen LogP contribution in [-0.4, -0.2) is 48.9 Å². The number of nitrogens with one attached hydrogen (secondary N) is 6. The van der Waals surface area contributed by atoms with Gasteiger partial charge >= 0.3 is 18.2 Å². The van der Waals surface area contributed by atoms with E-state index in [4.69, 9.17) is 23.2 Å². The lowest BCUT2D eigenvalue weighted by atomic mass is 9.85. The Morgan fingerprint density at radius 2 is 1.71 bits per heavy atom. The number of carbonyl (C=O) groups excluding carboxylic acids is 2. The molecule has 4 heterocycles. The van der Waals surface area contributed by atoms with E-state index in [9.17, 15) is 27.2 Å². The number of allylic oxidation sites excluding steroid dienone is 1. The molecule has 3 aliphatic heterocycles.